The molecule has 114 valence electrons. The number of halogens is 1. The molecule has 0 radical (unpaired) electrons. The first kappa shape index (κ1) is 15.4. The van der Waals surface area contributed by atoms with Crippen LogP contribution in [0.4, 0.5) is 9.18 Å². The second kappa shape index (κ2) is 7.17. The number of carbonyl (C=O) groups is 2. The Kier molecular flexibility index (Phi) is 5.27. The van der Waals surface area contributed by atoms with Crippen LogP contribution in [0.1, 0.15) is 17.3 Å². The standard InChI is InChI=1S/C15H19FN2O3/c1-2-21-15(20)18-8-6-17(7-9-18)11-14(19)12-4-3-5-13(16)10-12/h3-5,10H,2,6-9,11H2,1H3. The van der Waals surface area contributed by atoms with E-state index in [1.165, 1.54) is 18.2 Å². The van der Waals surface area contributed by atoms with Gasteiger partial charge in [-0.2, -0.15) is 0 Å². The van der Waals surface area contributed by atoms with Gasteiger partial charge < -0.3 is 9.64 Å². The third-order valence-corrected chi connectivity index (χ3v) is 3.41. The average Bonchev–Trinajstić information content (AvgIpc) is 2.48. The summed E-state index contributed by atoms with van der Waals surface area (Å²) < 4.78 is 18.0. The third-order valence-electron chi connectivity index (χ3n) is 3.41. The van der Waals surface area contributed by atoms with Crippen LogP contribution in [0.15, 0.2) is 24.3 Å². The number of nitrogens with zero attached hydrogens (tertiary/aromatic N) is 2. The highest BCUT2D eigenvalue weighted by atomic mass is 19.1. The first-order valence-corrected chi connectivity index (χ1v) is 7.03. The quantitative estimate of drug-likeness (QED) is 0.794. The van der Waals surface area contributed by atoms with Crippen molar-refractivity contribution in [2.75, 3.05) is 39.3 Å². The van der Waals surface area contributed by atoms with Gasteiger partial charge in [0, 0.05) is 31.7 Å². The van der Waals surface area contributed by atoms with Gasteiger partial charge in [-0.1, -0.05) is 12.1 Å². The molecule has 6 heteroatoms. The predicted molar refractivity (Wildman–Crippen MR) is 75.8 cm³/mol. The van der Waals surface area contributed by atoms with Crippen LogP contribution in [-0.4, -0.2) is 61.0 Å². The van der Waals surface area contributed by atoms with Crippen LogP contribution in [0.5, 0.6) is 0 Å². The number of rotatable bonds is 4. The first-order chi connectivity index (χ1) is 10.1. The van der Waals surface area contributed by atoms with E-state index in [0.29, 0.717) is 38.3 Å². The van der Waals surface area contributed by atoms with Crippen molar-refractivity contribution in [3.63, 3.8) is 0 Å². The van der Waals surface area contributed by atoms with E-state index < -0.39 is 5.82 Å². The van der Waals surface area contributed by atoms with Crippen LogP contribution in [0.3, 0.4) is 0 Å². The summed E-state index contributed by atoms with van der Waals surface area (Å²) in [5, 5.41) is 0. The molecule has 1 aromatic rings. The number of benzene rings is 1. The molecule has 1 aliphatic heterocycles. The van der Waals surface area contributed by atoms with Crippen molar-refractivity contribution in [1.29, 1.82) is 0 Å². The van der Waals surface area contributed by atoms with E-state index in [1.54, 1.807) is 17.9 Å². The minimum Gasteiger partial charge on any atom is -0.450 e. The smallest absolute Gasteiger partial charge is 0.409 e. The molecule has 0 atom stereocenters. The molecule has 0 bridgehead atoms. The van der Waals surface area contributed by atoms with Crippen molar-refractivity contribution in [2.24, 2.45) is 0 Å². The highest BCUT2D eigenvalue weighted by Crippen LogP contribution is 2.08. The van der Waals surface area contributed by atoms with Gasteiger partial charge in [0.05, 0.1) is 13.2 Å². The number of ether oxygens (including phenoxy) is 1. The zero-order valence-corrected chi connectivity index (χ0v) is 12.0. The molecule has 0 saturated carbocycles. The highest BCUT2D eigenvalue weighted by molar-refractivity contribution is 5.97. The Hall–Kier alpha value is -1.95. The van der Waals surface area contributed by atoms with Gasteiger partial charge in [0.25, 0.3) is 0 Å². The van der Waals surface area contributed by atoms with Gasteiger partial charge in [-0.05, 0) is 19.1 Å². The Morgan fingerprint density at radius 1 is 1.24 bits per heavy atom. The van der Waals surface area contributed by atoms with E-state index in [4.69, 9.17) is 4.74 Å². The van der Waals surface area contributed by atoms with Crippen molar-refractivity contribution in [3.05, 3.63) is 35.6 Å². The predicted octanol–water partition coefficient (Wildman–Crippen LogP) is 1.78. The summed E-state index contributed by atoms with van der Waals surface area (Å²) in [6.07, 6.45) is -0.311. The van der Waals surface area contributed by atoms with Crippen molar-refractivity contribution < 1.29 is 18.7 Å². The topological polar surface area (TPSA) is 49.9 Å². The van der Waals surface area contributed by atoms with E-state index in [0.717, 1.165) is 0 Å². The summed E-state index contributed by atoms with van der Waals surface area (Å²) in [5.74, 6) is -0.521. The molecule has 5 nitrogen and oxygen atoms in total. The minimum absolute atomic E-state index is 0.112. The minimum atomic E-state index is -0.409. The number of carbonyl (C=O) groups excluding carboxylic acids is 2. The molecule has 1 amide bonds. The van der Waals surface area contributed by atoms with Crippen molar-refractivity contribution in [1.82, 2.24) is 9.80 Å². The van der Waals surface area contributed by atoms with Crippen LogP contribution in [0.2, 0.25) is 0 Å². The van der Waals surface area contributed by atoms with Crippen LogP contribution in [0, 0.1) is 5.82 Å². The lowest BCUT2D eigenvalue weighted by molar-refractivity contribution is 0.0733. The second-order valence-electron chi connectivity index (χ2n) is 4.90. The second-order valence-corrected chi connectivity index (χ2v) is 4.90. The van der Waals surface area contributed by atoms with E-state index in [1.807, 2.05) is 4.90 Å². The Labute approximate surface area is 123 Å². The lowest BCUT2D eigenvalue weighted by Crippen LogP contribution is -2.50. The maximum absolute atomic E-state index is 13.1. The highest BCUT2D eigenvalue weighted by Gasteiger charge is 2.23. The fraction of sp³-hybridized carbons (Fsp3) is 0.467. The fourth-order valence-electron chi connectivity index (χ4n) is 2.26. The monoisotopic (exact) mass is 294 g/mol. The van der Waals surface area contributed by atoms with Gasteiger partial charge in [0.1, 0.15) is 5.82 Å². The van der Waals surface area contributed by atoms with Crippen molar-refractivity contribution in [3.8, 4) is 0 Å². The van der Waals surface area contributed by atoms with Gasteiger partial charge >= 0.3 is 6.09 Å². The normalized spacial score (nSPS) is 15.8. The van der Waals surface area contributed by atoms with Gasteiger partial charge in [-0.3, -0.25) is 9.69 Å². The first-order valence-electron chi connectivity index (χ1n) is 7.03. The SMILES string of the molecule is CCOC(=O)N1CCN(CC(=O)c2cccc(F)c2)CC1. The third kappa shape index (κ3) is 4.26. The Bertz CT molecular complexity index is 513. The molecule has 1 saturated heterocycles. The van der Waals surface area contributed by atoms with Gasteiger partial charge in [0.2, 0.25) is 0 Å². The van der Waals surface area contributed by atoms with Gasteiger partial charge in [0.15, 0.2) is 5.78 Å². The molecule has 1 fully saturated rings. The van der Waals surface area contributed by atoms with Crippen LogP contribution in [0.25, 0.3) is 0 Å². The van der Waals surface area contributed by atoms with Crippen molar-refractivity contribution in [2.45, 2.75) is 6.92 Å². The largest absolute Gasteiger partial charge is 0.450 e. The number of hydrogen-bond donors (Lipinski definition) is 0. The molecule has 0 unspecified atom stereocenters. The Balaban J connectivity index is 1.83. The van der Waals surface area contributed by atoms with E-state index in [9.17, 15) is 14.0 Å². The Morgan fingerprint density at radius 3 is 2.57 bits per heavy atom. The zero-order valence-electron chi connectivity index (χ0n) is 12.0. The molecule has 21 heavy (non-hydrogen) atoms. The van der Waals surface area contributed by atoms with E-state index in [-0.39, 0.29) is 18.4 Å². The molecule has 0 aliphatic carbocycles. The van der Waals surface area contributed by atoms with Gasteiger partial charge in [-0.25, -0.2) is 9.18 Å². The molecular weight excluding hydrogens is 275 g/mol. The van der Waals surface area contributed by atoms with Crippen LogP contribution < -0.4 is 0 Å². The Morgan fingerprint density at radius 2 is 1.95 bits per heavy atom. The zero-order chi connectivity index (χ0) is 15.2. The molecule has 1 aliphatic rings. The lowest BCUT2D eigenvalue weighted by atomic mass is 10.1. The summed E-state index contributed by atoms with van der Waals surface area (Å²) in [5.41, 5.74) is 0.378. The number of Topliss-reactive ketones (excluding diaryl/α,β-unsaturated/α-hetero) is 1. The number of hydrogen-bond acceptors (Lipinski definition) is 4. The molecule has 0 spiro atoms. The number of ketones is 1. The van der Waals surface area contributed by atoms with E-state index in [2.05, 4.69) is 0 Å². The maximum atomic E-state index is 13.1. The molecule has 1 heterocycles. The average molecular weight is 294 g/mol. The summed E-state index contributed by atoms with van der Waals surface area (Å²) in [4.78, 5) is 27.2. The molecule has 0 N–H and O–H groups in total. The van der Waals surface area contributed by atoms with Crippen LogP contribution >= 0.6 is 0 Å². The van der Waals surface area contributed by atoms with Crippen molar-refractivity contribution >= 4 is 11.9 Å². The summed E-state index contributed by atoms with van der Waals surface area (Å²) in [6, 6.07) is 5.70. The summed E-state index contributed by atoms with van der Waals surface area (Å²) in [7, 11) is 0. The molecule has 0 aromatic heterocycles. The van der Waals surface area contributed by atoms with E-state index >= 15 is 0 Å². The molecule has 1 aromatic carbocycles. The fourth-order valence-corrected chi connectivity index (χ4v) is 2.26. The summed E-state index contributed by atoms with van der Waals surface area (Å²) >= 11 is 0. The van der Waals surface area contributed by atoms with Crippen LogP contribution in [-0.2, 0) is 4.74 Å². The number of piperazine rings is 1. The molecule has 2 rings (SSSR count). The van der Waals surface area contributed by atoms with Gasteiger partial charge in [-0.15, -0.1) is 0 Å². The molecular formula is C15H19FN2O3. The summed E-state index contributed by atoms with van der Waals surface area (Å²) in [6.45, 7) is 4.66. The number of amides is 1. The lowest BCUT2D eigenvalue weighted by Gasteiger charge is -2.33. The maximum Gasteiger partial charge on any atom is 0.409 e.